The summed E-state index contributed by atoms with van der Waals surface area (Å²) in [5.41, 5.74) is 0.534. The number of hydrogen-bond donors (Lipinski definition) is 2. The van der Waals surface area contributed by atoms with Crippen LogP contribution in [0.1, 0.15) is 11.9 Å². The van der Waals surface area contributed by atoms with Gasteiger partial charge >= 0.3 is 0 Å². The van der Waals surface area contributed by atoms with Crippen LogP contribution in [-0.2, 0) is 18.9 Å². The Balaban J connectivity index is 1.73. The predicted octanol–water partition coefficient (Wildman–Crippen LogP) is 0.102. The van der Waals surface area contributed by atoms with Crippen LogP contribution >= 0.6 is 0 Å². The van der Waals surface area contributed by atoms with Gasteiger partial charge < -0.3 is 29.2 Å². The number of hydrogen-bond acceptors (Lipinski definition) is 8. The molecule has 1 aromatic carbocycles. The van der Waals surface area contributed by atoms with Gasteiger partial charge in [0.05, 0.1) is 11.5 Å². The van der Waals surface area contributed by atoms with Crippen molar-refractivity contribution in [1.29, 1.82) is 0 Å². The normalized spacial score (nSPS) is 37.2. The van der Waals surface area contributed by atoms with Gasteiger partial charge in [-0.05, 0) is 12.1 Å². The first-order chi connectivity index (χ1) is 11.0. The Morgan fingerprint density at radius 3 is 2.52 bits per heavy atom. The largest absolute Gasteiger partial charge is 0.387 e. The van der Waals surface area contributed by atoms with E-state index in [2.05, 4.69) is 0 Å². The fraction of sp³-hybridized carbons (Fsp3) is 0.571. The van der Waals surface area contributed by atoms with Gasteiger partial charge in [-0.3, -0.25) is 10.1 Å². The zero-order valence-electron chi connectivity index (χ0n) is 12.3. The molecule has 2 aliphatic rings. The number of nitro benzene ring substituents is 1. The monoisotopic (exact) mass is 327 g/mol. The van der Waals surface area contributed by atoms with E-state index < -0.39 is 41.9 Å². The Kier molecular flexibility index (Phi) is 4.57. The highest BCUT2D eigenvalue weighted by Gasteiger charge is 2.49. The zero-order chi connectivity index (χ0) is 16.6. The van der Waals surface area contributed by atoms with E-state index in [1.54, 1.807) is 0 Å². The lowest BCUT2D eigenvalue weighted by Gasteiger charge is -2.45. The number of nitro groups is 1. The molecule has 126 valence electrons. The molecule has 2 heterocycles. The van der Waals surface area contributed by atoms with E-state index in [1.807, 2.05) is 0 Å². The van der Waals surface area contributed by atoms with Crippen molar-refractivity contribution in [3.8, 4) is 0 Å². The number of aliphatic hydroxyl groups excluding tert-OH is 2. The highest BCUT2D eigenvalue weighted by atomic mass is 16.7. The number of rotatable bonds is 3. The maximum atomic E-state index is 10.7. The average molecular weight is 327 g/mol. The molecule has 0 saturated carbocycles. The van der Waals surface area contributed by atoms with Crippen LogP contribution in [0.4, 0.5) is 5.69 Å². The van der Waals surface area contributed by atoms with Crippen molar-refractivity contribution in [2.75, 3.05) is 13.7 Å². The number of methoxy groups -OCH3 is 1. The number of fused-ring (bicyclic) bond motifs is 1. The number of ether oxygens (including phenoxy) is 4. The molecule has 0 amide bonds. The predicted molar refractivity (Wildman–Crippen MR) is 74.3 cm³/mol. The molecule has 0 spiro atoms. The standard InChI is InChI=1S/C14H17NO8/c1-20-14-11(17)10(16)12-9(22-14)6-21-13(23-12)7-2-4-8(5-3-7)15(18)19/h2-5,9-14,16-17H,6H2,1H3/t9-,10-,11-,12-,13?,14-/m1/s1. The second kappa shape index (κ2) is 6.48. The zero-order valence-corrected chi connectivity index (χ0v) is 12.3. The summed E-state index contributed by atoms with van der Waals surface area (Å²) < 4.78 is 21.7. The number of benzene rings is 1. The highest BCUT2D eigenvalue weighted by Crippen LogP contribution is 2.34. The molecule has 2 aliphatic heterocycles. The number of aliphatic hydroxyl groups is 2. The fourth-order valence-corrected chi connectivity index (χ4v) is 2.69. The molecule has 0 radical (unpaired) electrons. The summed E-state index contributed by atoms with van der Waals surface area (Å²) in [4.78, 5) is 10.2. The van der Waals surface area contributed by atoms with Crippen LogP contribution < -0.4 is 0 Å². The molecule has 6 atom stereocenters. The van der Waals surface area contributed by atoms with E-state index in [1.165, 1.54) is 31.4 Å². The molecule has 0 aliphatic carbocycles. The van der Waals surface area contributed by atoms with Crippen LogP contribution in [0.25, 0.3) is 0 Å². The minimum atomic E-state index is -1.24. The van der Waals surface area contributed by atoms with Crippen molar-refractivity contribution in [1.82, 2.24) is 0 Å². The van der Waals surface area contributed by atoms with Gasteiger partial charge in [-0.2, -0.15) is 0 Å². The summed E-state index contributed by atoms with van der Waals surface area (Å²) >= 11 is 0. The van der Waals surface area contributed by atoms with Crippen LogP contribution in [0, 0.1) is 10.1 Å². The molecule has 9 heteroatoms. The summed E-state index contributed by atoms with van der Waals surface area (Å²) in [5, 5.41) is 30.8. The van der Waals surface area contributed by atoms with Gasteiger partial charge in [0.1, 0.15) is 24.4 Å². The smallest absolute Gasteiger partial charge is 0.269 e. The molecular formula is C14H17NO8. The number of non-ortho nitro benzene ring substituents is 1. The lowest BCUT2D eigenvalue weighted by molar-refractivity contribution is -0.385. The topological polar surface area (TPSA) is 121 Å². The van der Waals surface area contributed by atoms with Crippen molar-refractivity contribution in [2.24, 2.45) is 0 Å². The molecule has 1 unspecified atom stereocenters. The Morgan fingerprint density at radius 2 is 1.91 bits per heavy atom. The summed E-state index contributed by atoms with van der Waals surface area (Å²) in [6, 6.07) is 5.73. The van der Waals surface area contributed by atoms with Crippen molar-refractivity contribution < 1.29 is 34.1 Å². The van der Waals surface area contributed by atoms with Crippen LogP contribution in [0.5, 0.6) is 0 Å². The van der Waals surface area contributed by atoms with Crippen LogP contribution in [0.2, 0.25) is 0 Å². The van der Waals surface area contributed by atoms with Gasteiger partial charge in [-0.15, -0.1) is 0 Å². The molecule has 9 nitrogen and oxygen atoms in total. The Morgan fingerprint density at radius 1 is 1.22 bits per heavy atom. The van der Waals surface area contributed by atoms with Crippen LogP contribution in [0.15, 0.2) is 24.3 Å². The SMILES string of the molecule is CO[C@@H]1O[C@@H]2COC(c3ccc([N+](=O)[O-])cc3)O[C@H]2[C@H](O)[C@H]1O. The van der Waals surface area contributed by atoms with Gasteiger partial charge in [0.25, 0.3) is 5.69 Å². The third kappa shape index (κ3) is 3.07. The van der Waals surface area contributed by atoms with Gasteiger partial charge in [0.2, 0.25) is 0 Å². The first kappa shape index (κ1) is 16.2. The van der Waals surface area contributed by atoms with Crippen LogP contribution in [0.3, 0.4) is 0 Å². The molecule has 1 aromatic rings. The Bertz CT molecular complexity index is 562. The third-order valence-electron chi connectivity index (χ3n) is 3.94. The van der Waals surface area contributed by atoms with E-state index in [9.17, 15) is 20.3 Å². The summed E-state index contributed by atoms with van der Waals surface area (Å²) in [5.74, 6) is 0. The van der Waals surface area contributed by atoms with Crippen LogP contribution in [-0.4, -0.2) is 59.6 Å². The molecule has 2 fully saturated rings. The van der Waals surface area contributed by atoms with E-state index in [4.69, 9.17) is 18.9 Å². The van der Waals surface area contributed by atoms with E-state index in [-0.39, 0.29) is 12.3 Å². The molecule has 0 aromatic heterocycles. The average Bonchev–Trinajstić information content (AvgIpc) is 2.58. The molecule has 2 N–H and O–H groups in total. The van der Waals surface area contributed by atoms with Gasteiger partial charge in [-0.1, -0.05) is 0 Å². The molecule has 3 rings (SSSR count). The Labute approximate surface area is 131 Å². The first-order valence-electron chi connectivity index (χ1n) is 7.07. The lowest BCUT2D eigenvalue weighted by Crippen LogP contribution is -2.62. The lowest BCUT2D eigenvalue weighted by atomic mass is 9.98. The third-order valence-corrected chi connectivity index (χ3v) is 3.94. The summed E-state index contributed by atoms with van der Waals surface area (Å²) in [7, 11) is 1.37. The van der Waals surface area contributed by atoms with Gasteiger partial charge in [0.15, 0.2) is 12.6 Å². The van der Waals surface area contributed by atoms with E-state index >= 15 is 0 Å². The maximum absolute atomic E-state index is 10.7. The summed E-state index contributed by atoms with van der Waals surface area (Å²) in [6.45, 7) is 0.135. The van der Waals surface area contributed by atoms with E-state index in [0.717, 1.165) is 0 Å². The molecule has 0 bridgehead atoms. The highest BCUT2D eigenvalue weighted by molar-refractivity contribution is 5.33. The van der Waals surface area contributed by atoms with Crippen molar-refractivity contribution in [3.05, 3.63) is 39.9 Å². The van der Waals surface area contributed by atoms with Crippen molar-refractivity contribution in [2.45, 2.75) is 37.0 Å². The Hall–Kier alpha value is -1.62. The van der Waals surface area contributed by atoms with E-state index in [0.29, 0.717) is 5.56 Å². The molecule has 23 heavy (non-hydrogen) atoms. The second-order valence-electron chi connectivity index (χ2n) is 5.37. The minimum absolute atomic E-state index is 0.0400. The van der Waals surface area contributed by atoms with Gasteiger partial charge in [0, 0.05) is 24.8 Å². The quantitative estimate of drug-likeness (QED) is 0.592. The number of nitrogens with zero attached hydrogens (tertiary/aromatic N) is 1. The van der Waals surface area contributed by atoms with Crippen molar-refractivity contribution in [3.63, 3.8) is 0 Å². The van der Waals surface area contributed by atoms with Crippen molar-refractivity contribution >= 4 is 5.69 Å². The minimum Gasteiger partial charge on any atom is -0.387 e. The maximum Gasteiger partial charge on any atom is 0.269 e. The summed E-state index contributed by atoms with van der Waals surface area (Å²) in [6.07, 6.45) is -5.55. The second-order valence-corrected chi connectivity index (χ2v) is 5.37. The molecule has 2 saturated heterocycles. The van der Waals surface area contributed by atoms with Gasteiger partial charge in [-0.25, -0.2) is 0 Å². The fourth-order valence-electron chi connectivity index (χ4n) is 2.69. The molecular weight excluding hydrogens is 310 g/mol. The first-order valence-corrected chi connectivity index (χ1v) is 7.07.